The lowest BCUT2D eigenvalue weighted by atomic mass is 9.79. The number of halogens is 1. The van der Waals surface area contributed by atoms with Crippen LogP contribution in [0.2, 0.25) is 0 Å². The van der Waals surface area contributed by atoms with E-state index < -0.39 is 17.6 Å². The second kappa shape index (κ2) is 13.9. The SMILES string of the molecule is COCCCn1cc(CN(C(=O)[C@H]2CN(C(=O)OC(C)(C)C)CC[C@@H]2c2cccc(-c3ccccc3)c2)C2CC2)c2c(F)cccc21. The first-order valence-electron chi connectivity index (χ1n) is 16.8. The molecule has 248 valence electrons. The fourth-order valence-electron chi connectivity index (χ4n) is 6.92. The first-order valence-corrected chi connectivity index (χ1v) is 16.8. The molecule has 0 unspecified atom stereocenters. The average Bonchev–Trinajstić information content (AvgIpc) is 3.85. The monoisotopic (exact) mass is 639 g/mol. The van der Waals surface area contributed by atoms with Gasteiger partial charge in [-0.25, -0.2) is 9.18 Å². The van der Waals surface area contributed by atoms with Gasteiger partial charge < -0.3 is 23.8 Å². The molecule has 0 bridgehead atoms. The molecule has 2 aliphatic rings. The number of hydrogen-bond donors (Lipinski definition) is 0. The lowest BCUT2D eigenvalue weighted by Crippen LogP contribution is -2.51. The van der Waals surface area contributed by atoms with E-state index in [1.165, 1.54) is 6.07 Å². The van der Waals surface area contributed by atoms with E-state index in [2.05, 4.69) is 41.0 Å². The summed E-state index contributed by atoms with van der Waals surface area (Å²) in [6.07, 6.45) is 4.87. The van der Waals surface area contributed by atoms with Gasteiger partial charge in [0.2, 0.25) is 5.91 Å². The van der Waals surface area contributed by atoms with E-state index in [0.717, 1.165) is 47.0 Å². The molecule has 2 heterocycles. The molecule has 8 heteroatoms. The number of fused-ring (bicyclic) bond motifs is 1. The smallest absolute Gasteiger partial charge is 0.410 e. The molecule has 1 aromatic heterocycles. The van der Waals surface area contributed by atoms with Gasteiger partial charge in [-0.2, -0.15) is 0 Å². The maximum atomic E-state index is 15.4. The van der Waals surface area contributed by atoms with E-state index in [1.807, 2.05) is 56.1 Å². The van der Waals surface area contributed by atoms with Gasteiger partial charge in [-0.15, -0.1) is 0 Å². The van der Waals surface area contributed by atoms with E-state index in [0.29, 0.717) is 38.0 Å². The quantitative estimate of drug-likeness (QED) is 0.165. The molecule has 1 saturated carbocycles. The van der Waals surface area contributed by atoms with Crippen LogP contribution in [0.15, 0.2) is 79.0 Å². The van der Waals surface area contributed by atoms with Gasteiger partial charge in [0.1, 0.15) is 11.4 Å². The first kappa shape index (κ1) is 32.8. The number of ether oxygens (including phenoxy) is 2. The number of carbonyl (C=O) groups is 2. The Morgan fingerprint density at radius 2 is 1.70 bits per heavy atom. The highest BCUT2D eigenvalue weighted by Crippen LogP contribution is 2.40. The molecule has 4 aromatic rings. The van der Waals surface area contributed by atoms with E-state index in [9.17, 15) is 9.59 Å². The molecule has 3 aromatic carbocycles. The summed E-state index contributed by atoms with van der Waals surface area (Å²) in [4.78, 5) is 31.8. The molecular weight excluding hydrogens is 593 g/mol. The zero-order valence-electron chi connectivity index (χ0n) is 28.0. The van der Waals surface area contributed by atoms with Crippen LogP contribution in [0.1, 0.15) is 63.5 Å². The third-order valence-electron chi connectivity index (χ3n) is 9.30. The zero-order chi connectivity index (χ0) is 33.1. The van der Waals surface area contributed by atoms with Gasteiger partial charge in [-0.05, 0) is 86.8 Å². The van der Waals surface area contributed by atoms with E-state index in [-0.39, 0.29) is 30.2 Å². The zero-order valence-corrected chi connectivity index (χ0v) is 28.0. The molecule has 2 fully saturated rings. The Morgan fingerprint density at radius 3 is 2.43 bits per heavy atom. The van der Waals surface area contributed by atoms with Crippen molar-refractivity contribution < 1.29 is 23.5 Å². The molecule has 0 radical (unpaired) electrons. The van der Waals surface area contributed by atoms with Crippen molar-refractivity contribution in [3.63, 3.8) is 0 Å². The van der Waals surface area contributed by atoms with Crippen LogP contribution >= 0.6 is 0 Å². The summed E-state index contributed by atoms with van der Waals surface area (Å²) in [6.45, 7) is 7.96. The molecule has 2 atom stereocenters. The van der Waals surface area contributed by atoms with Crippen molar-refractivity contribution >= 4 is 22.9 Å². The number of hydrogen-bond acceptors (Lipinski definition) is 4. The van der Waals surface area contributed by atoms with Crippen molar-refractivity contribution in [1.29, 1.82) is 0 Å². The predicted molar refractivity (Wildman–Crippen MR) is 182 cm³/mol. The summed E-state index contributed by atoms with van der Waals surface area (Å²) in [7, 11) is 1.68. The Labute approximate surface area is 277 Å². The Bertz CT molecular complexity index is 1710. The van der Waals surface area contributed by atoms with Gasteiger partial charge in [0.15, 0.2) is 0 Å². The highest BCUT2D eigenvalue weighted by atomic mass is 19.1. The van der Waals surface area contributed by atoms with Crippen molar-refractivity contribution in [1.82, 2.24) is 14.4 Å². The molecule has 47 heavy (non-hydrogen) atoms. The number of benzene rings is 3. The summed E-state index contributed by atoms with van der Waals surface area (Å²) in [5.41, 5.74) is 4.29. The number of likely N-dealkylation sites (tertiary alicyclic amines) is 1. The van der Waals surface area contributed by atoms with Crippen molar-refractivity contribution in [2.45, 2.75) is 77.1 Å². The lowest BCUT2D eigenvalue weighted by molar-refractivity contribution is -0.139. The lowest BCUT2D eigenvalue weighted by Gasteiger charge is -2.40. The maximum Gasteiger partial charge on any atom is 0.410 e. The number of aryl methyl sites for hydroxylation is 1. The molecular formula is C39H46FN3O4. The van der Waals surface area contributed by atoms with Gasteiger partial charge in [0, 0.05) is 57.5 Å². The summed E-state index contributed by atoms with van der Waals surface area (Å²) >= 11 is 0. The van der Waals surface area contributed by atoms with Crippen LogP contribution in [-0.4, -0.2) is 64.8 Å². The number of nitrogens with zero attached hydrogens (tertiary/aromatic N) is 3. The van der Waals surface area contributed by atoms with Crippen LogP contribution in [0, 0.1) is 11.7 Å². The number of methoxy groups -OCH3 is 1. The minimum atomic E-state index is -0.640. The molecule has 1 aliphatic carbocycles. The standard InChI is InChI=1S/C39H46FN3O4/c1-39(2,3)47-38(45)42-21-19-32(29-14-8-13-28(23-29)27-11-6-5-7-12-27)33(26-42)37(44)43(31-17-18-31)25-30-24-41(20-10-22-46-4)35-16-9-15-34(40)36(30)35/h5-9,11-16,23-24,31-33H,10,17-22,25-26H2,1-4H3/t32-,33+/m1/s1. The molecule has 7 nitrogen and oxygen atoms in total. The highest BCUT2D eigenvalue weighted by Gasteiger charge is 2.43. The fourth-order valence-corrected chi connectivity index (χ4v) is 6.92. The van der Waals surface area contributed by atoms with Crippen LogP contribution in [0.3, 0.4) is 0 Å². The Kier molecular flexibility index (Phi) is 9.69. The summed E-state index contributed by atoms with van der Waals surface area (Å²) in [6, 6.07) is 23.9. The van der Waals surface area contributed by atoms with E-state index >= 15 is 4.39 Å². The van der Waals surface area contributed by atoms with Crippen LogP contribution in [-0.2, 0) is 27.4 Å². The average molecular weight is 640 g/mol. The minimum absolute atomic E-state index is 0.00694. The summed E-state index contributed by atoms with van der Waals surface area (Å²) in [5, 5.41) is 0.564. The molecule has 0 N–H and O–H groups in total. The van der Waals surface area contributed by atoms with E-state index in [1.54, 1.807) is 18.1 Å². The molecule has 2 amide bonds. The van der Waals surface area contributed by atoms with Crippen molar-refractivity contribution in [3.8, 4) is 11.1 Å². The number of rotatable bonds is 10. The van der Waals surface area contributed by atoms with Gasteiger partial charge in [0.25, 0.3) is 0 Å². The highest BCUT2D eigenvalue weighted by molar-refractivity contribution is 5.86. The number of aromatic nitrogens is 1. The Hall–Kier alpha value is -4.17. The fraction of sp³-hybridized carbons (Fsp3) is 0.436. The van der Waals surface area contributed by atoms with E-state index in [4.69, 9.17) is 9.47 Å². The third kappa shape index (κ3) is 7.54. The molecule has 1 aliphatic heterocycles. The number of amides is 2. The summed E-state index contributed by atoms with van der Waals surface area (Å²) < 4.78 is 28.5. The van der Waals surface area contributed by atoms with Crippen molar-refractivity contribution in [2.24, 2.45) is 5.92 Å². The minimum Gasteiger partial charge on any atom is -0.444 e. The summed E-state index contributed by atoms with van der Waals surface area (Å²) in [5.74, 6) is -0.830. The second-order valence-electron chi connectivity index (χ2n) is 13.9. The molecule has 0 spiro atoms. The molecule has 6 rings (SSSR count). The predicted octanol–water partition coefficient (Wildman–Crippen LogP) is 8.02. The van der Waals surface area contributed by atoms with Crippen molar-refractivity contribution in [3.05, 3.63) is 95.9 Å². The normalized spacial score (nSPS) is 18.4. The topological polar surface area (TPSA) is 64.0 Å². The van der Waals surface area contributed by atoms with Gasteiger partial charge in [0.05, 0.1) is 11.4 Å². The Morgan fingerprint density at radius 1 is 0.957 bits per heavy atom. The van der Waals surface area contributed by atoms with Crippen LogP contribution in [0.4, 0.5) is 9.18 Å². The van der Waals surface area contributed by atoms with Crippen LogP contribution in [0.5, 0.6) is 0 Å². The van der Waals surface area contributed by atoms with Crippen molar-refractivity contribution in [2.75, 3.05) is 26.8 Å². The van der Waals surface area contributed by atoms with Crippen LogP contribution < -0.4 is 0 Å². The third-order valence-corrected chi connectivity index (χ3v) is 9.30. The second-order valence-corrected chi connectivity index (χ2v) is 13.9. The largest absolute Gasteiger partial charge is 0.444 e. The van der Waals surface area contributed by atoms with Gasteiger partial charge >= 0.3 is 6.09 Å². The van der Waals surface area contributed by atoms with Gasteiger partial charge in [-0.1, -0.05) is 60.7 Å². The number of piperidine rings is 1. The maximum absolute atomic E-state index is 15.4. The first-order chi connectivity index (χ1) is 22.6. The number of carbonyl (C=O) groups excluding carboxylic acids is 2. The Balaban J connectivity index is 1.34. The van der Waals surface area contributed by atoms with Crippen LogP contribution in [0.25, 0.3) is 22.0 Å². The molecule has 1 saturated heterocycles. The van der Waals surface area contributed by atoms with Gasteiger partial charge in [-0.3, -0.25) is 4.79 Å².